The van der Waals surface area contributed by atoms with E-state index in [1.165, 1.54) is 19.4 Å². The standard InChI is InChI=1S/C8H9NO4/c1-12-5-7(10)13-6-3-2-4-9-8(6)11/h2-4H,5H2,1H3,(H,9,11). The van der Waals surface area contributed by atoms with Crippen LogP contribution in [0.15, 0.2) is 23.1 Å². The molecule has 0 bridgehead atoms. The zero-order chi connectivity index (χ0) is 9.68. The second-order valence-electron chi connectivity index (χ2n) is 2.27. The minimum atomic E-state index is -0.598. The van der Waals surface area contributed by atoms with Gasteiger partial charge in [-0.25, -0.2) is 4.79 Å². The molecule has 0 saturated carbocycles. The van der Waals surface area contributed by atoms with Gasteiger partial charge in [0.2, 0.25) is 0 Å². The van der Waals surface area contributed by atoms with Gasteiger partial charge in [0, 0.05) is 13.3 Å². The summed E-state index contributed by atoms with van der Waals surface area (Å²) < 4.78 is 9.21. The van der Waals surface area contributed by atoms with Gasteiger partial charge in [0.25, 0.3) is 5.56 Å². The van der Waals surface area contributed by atoms with Gasteiger partial charge in [-0.05, 0) is 12.1 Å². The summed E-state index contributed by atoms with van der Waals surface area (Å²) in [5, 5.41) is 0. The monoisotopic (exact) mass is 183 g/mol. The van der Waals surface area contributed by atoms with E-state index in [9.17, 15) is 9.59 Å². The Balaban J connectivity index is 2.69. The summed E-state index contributed by atoms with van der Waals surface area (Å²) >= 11 is 0. The van der Waals surface area contributed by atoms with Crippen LogP contribution in [0.3, 0.4) is 0 Å². The Hall–Kier alpha value is -1.62. The molecule has 0 aliphatic carbocycles. The van der Waals surface area contributed by atoms with Gasteiger partial charge >= 0.3 is 5.97 Å². The molecule has 0 atom stereocenters. The summed E-state index contributed by atoms with van der Waals surface area (Å²) in [6, 6.07) is 2.98. The molecule has 0 radical (unpaired) electrons. The number of aromatic amines is 1. The lowest BCUT2D eigenvalue weighted by Gasteiger charge is -2.00. The van der Waals surface area contributed by atoms with E-state index in [0.29, 0.717) is 0 Å². The predicted molar refractivity (Wildman–Crippen MR) is 44.6 cm³/mol. The van der Waals surface area contributed by atoms with Gasteiger partial charge in [0.15, 0.2) is 5.75 Å². The summed E-state index contributed by atoms with van der Waals surface area (Å²) in [7, 11) is 1.37. The number of H-pyrrole nitrogens is 1. The van der Waals surface area contributed by atoms with Crippen molar-refractivity contribution < 1.29 is 14.3 Å². The van der Waals surface area contributed by atoms with E-state index in [4.69, 9.17) is 0 Å². The Morgan fingerprint density at radius 3 is 3.00 bits per heavy atom. The Morgan fingerprint density at radius 1 is 1.62 bits per heavy atom. The maximum absolute atomic E-state index is 11.0. The number of hydrogen-bond donors (Lipinski definition) is 1. The molecule has 5 heteroatoms. The molecule has 70 valence electrons. The first-order valence-corrected chi connectivity index (χ1v) is 3.61. The minimum absolute atomic E-state index is 0.0236. The van der Waals surface area contributed by atoms with E-state index in [2.05, 4.69) is 14.5 Å². The Labute approximate surface area is 74.3 Å². The molecule has 1 heterocycles. The number of esters is 1. The maximum Gasteiger partial charge on any atom is 0.337 e. The number of rotatable bonds is 3. The molecule has 13 heavy (non-hydrogen) atoms. The molecule has 0 spiro atoms. The zero-order valence-electron chi connectivity index (χ0n) is 7.07. The fourth-order valence-electron chi connectivity index (χ4n) is 0.756. The van der Waals surface area contributed by atoms with Crippen molar-refractivity contribution in [1.82, 2.24) is 4.98 Å². The molecule has 0 aromatic carbocycles. The van der Waals surface area contributed by atoms with Gasteiger partial charge in [-0.3, -0.25) is 4.79 Å². The third-order valence-corrected chi connectivity index (χ3v) is 1.27. The van der Waals surface area contributed by atoms with Gasteiger partial charge in [0.05, 0.1) is 0 Å². The molecule has 5 nitrogen and oxygen atoms in total. The molecule has 0 aliphatic heterocycles. The molecule has 0 unspecified atom stereocenters. The van der Waals surface area contributed by atoms with E-state index >= 15 is 0 Å². The van der Waals surface area contributed by atoms with Crippen LogP contribution in [0, 0.1) is 0 Å². The summed E-state index contributed by atoms with van der Waals surface area (Å²) in [5.74, 6) is -0.622. The van der Waals surface area contributed by atoms with Crippen molar-refractivity contribution in [2.75, 3.05) is 13.7 Å². The van der Waals surface area contributed by atoms with Crippen LogP contribution in [0.4, 0.5) is 0 Å². The number of carbonyl (C=O) groups is 1. The van der Waals surface area contributed by atoms with Crippen LogP contribution in [-0.2, 0) is 9.53 Å². The van der Waals surface area contributed by atoms with Crippen molar-refractivity contribution >= 4 is 5.97 Å². The van der Waals surface area contributed by atoms with Gasteiger partial charge in [-0.1, -0.05) is 0 Å². The third-order valence-electron chi connectivity index (χ3n) is 1.27. The molecule has 1 rings (SSSR count). The molecular weight excluding hydrogens is 174 g/mol. The molecule has 1 N–H and O–H groups in total. The second kappa shape index (κ2) is 4.42. The summed E-state index contributed by atoms with van der Waals surface area (Å²) in [6.45, 7) is -0.172. The van der Waals surface area contributed by atoms with Gasteiger partial charge < -0.3 is 14.5 Å². The zero-order valence-corrected chi connectivity index (χ0v) is 7.07. The number of pyridine rings is 1. The van der Waals surface area contributed by atoms with E-state index in [1.54, 1.807) is 6.07 Å². The van der Waals surface area contributed by atoms with Crippen LogP contribution in [0.25, 0.3) is 0 Å². The summed E-state index contributed by atoms with van der Waals surface area (Å²) in [4.78, 5) is 24.2. The number of carbonyl (C=O) groups excluding carboxylic acids is 1. The third kappa shape index (κ3) is 2.72. The molecule has 0 saturated heterocycles. The molecular formula is C8H9NO4. The van der Waals surface area contributed by atoms with Crippen LogP contribution in [0.2, 0.25) is 0 Å². The first kappa shape index (κ1) is 9.47. The highest BCUT2D eigenvalue weighted by Gasteiger charge is 2.05. The first-order valence-electron chi connectivity index (χ1n) is 3.61. The molecule has 0 aliphatic rings. The number of hydrogen-bond acceptors (Lipinski definition) is 4. The van der Waals surface area contributed by atoms with Crippen LogP contribution < -0.4 is 10.3 Å². The maximum atomic E-state index is 11.0. The Kier molecular flexibility index (Phi) is 3.22. The van der Waals surface area contributed by atoms with Gasteiger partial charge in [-0.15, -0.1) is 0 Å². The molecule has 0 amide bonds. The van der Waals surface area contributed by atoms with Crippen molar-refractivity contribution in [2.45, 2.75) is 0 Å². The highest BCUT2D eigenvalue weighted by Crippen LogP contribution is 1.99. The average molecular weight is 183 g/mol. The van der Waals surface area contributed by atoms with Crippen molar-refractivity contribution in [3.63, 3.8) is 0 Å². The summed E-state index contributed by atoms with van der Waals surface area (Å²) in [5.41, 5.74) is -0.438. The lowest BCUT2D eigenvalue weighted by Crippen LogP contribution is -2.19. The number of aromatic nitrogens is 1. The van der Waals surface area contributed by atoms with Crippen molar-refractivity contribution in [1.29, 1.82) is 0 Å². The van der Waals surface area contributed by atoms with Crippen LogP contribution in [0.5, 0.6) is 5.75 Å². The molecule has 1 aromatic rings. The van der Waals surface area contributed by atoms with E-state index in [0.717, 1.165) is 0 Å². The summed E-state index contributed by atoms with van der Waals surface area (Å²) in [6.07, 6.45) is 1.45. The highest BCUT2D eigenvalue weighted by molar-refractivity contribution is 5.73. The van der Waals surface area contributed by atoms with E-state index in [-0.39, 0.29) is 12.4 Å². The van der Waals surface area contributed by atoms with Crippen LogP contribution in [-0.4, -0.2) is 24.7 Å². The molecule has 0 fully saturated rings. The Morgan fingerprint density at radius 2 is 2.38 bits per heavy atom. The largest absolute Gasteiger partial charge is 0.419 e. The van der Waals surface area contributed by atoms with E-state index < -0.39 is 11.5 Å². The van der Waals surface area contributed by atoms with Crippen LogP contribution in [0.1, 0.15) is 0 Å². The first-order chi connectivity index (χ1) is 6.24. The topological polar surface area (TPSA) is 68.4 Å². The number of ether oxygens (including phenoxy) is 2. The van der Waals surface area contributed by atoms with Crippen molar-refractivity contribution in [3.05, 3.63) is 28.7 Å². The van der Waals surface area contributed by atoms with Crippen molar-refractivity contribution in [2.24, 2.45) is 0 Å². The second-order valence-corrected chi connectivity index (χ2v) is 2.27. The lowest BCUT2D eigenvalue weighted by molar-refractivity contribution is -0.138. The smallest absolute Gasteiger partial charge is 0.337 e. The Bertz CT molecular complexity index is 344. The molecule has 1 aromatic heterocycles. The number of nitrogens with one attached hydrogen (secondary N) is 1. The number of methoxy groups -OCH3 is 1. The lowest BCUT2D eigenvalue weighted by atomic mass is 10.4. The van der Waals surface area contributed by atoms with Gasteiger partial charge in [0.1, 0.15) is 6.61 Å². The minimum Gasteiger partial charge on any atom is -0.419 e. The predicted octanol–water partition coefficient (Wildman–Crippen LogP) is -0.0733. The van der Waals surface area contributed by atoms with Crippen LogP contribution >= 0.6 is 0 Å². The van der Waals surface area contributed by atoms with Gasteiger partial charge in [-0.2, -0.15) is 0 Å². The van der Waals surface area contributed by atoms with E-state index in [1.807, 2.05) is 0 Å². The average Bonchev–Trinajstić information content (AvgIpc) is 2.09. The quantitative estimate of drug-likeness (QED) is 0.666. The normalized spacial score (nSPS) is 9.62. The fourth-order valence-corrected chi connectivity index (χ4v) is 0.756. The fraction of sp³-hybridized carbons (Fsp3) is 0.250. The van der Waals surface area contributed by atoms with Crippen molar-refractivity contribution in [3.8, 4) is 5.75 Å². The SMILES string of the molecule is COCC(=O)Oc1ccc[nH]c1=O. The highest BCUT2D eigenvalue weighted by atomic mass is 16.6.